The highest BCUT2D eigenvalue weighted by atomic mass is 32.2. The third-order valence-electron chi connectivity index (χ3n) is 2.87. The minimum atomic E-state index is -4.37. The second-order valence-corrected chi connectivity index (χ2v) is 5.51. The molecule has 0 aliphatic heterocycles. The zero-order valence-corrected chi connectivity index (χ0v) is 12.1. The average molecular weight is 313 g/mol. The van der Waals surface area contributed by atoms with Gasteiger partial charge in [0.2, 0.25) is 0 Å². The van der Waals surface area contributed by atoms with Crippen LogP contribution in [0.3, 0.4) is 0 Å². The van der Waals surface area contributed by atoms with Gasteiger partial charge in [-0.15, -0.1) is 0 Å². The number of pyridine rings is 2. The van der Waals surface area contributed by atoms with Crippen molar-refractivity contribution in [3.8, 4) is 0 Å². The van der Waals surface area contributed by atoms with E-state index in [-0.39, 0.29) is 6.04 Å². The molecule has 1 atom stereocenters. The van der Waals surface area contributed by atoms with Gasteiger partial charge in [0.05, 0.1) is 11.3 Å². The Morgan fingerprint density at radius 2 is 1.90 bits per heavy atom. The van der Waals surface area contributed by atoms with Crippen molar-refractivity contribution >= 4 is 11.8 Å². The monoisotopic (exact) mass is 313 g/mol. The molecule has 0 aliphatic carbocycles. The van der Waals surface area contributed by atoms with Crippen LogP contribution in [-0.4, -0.2) is 9.97 Å². The molecule has 0 radical (unpaired) electrons. The Morgan fingerprint density at radius 3 is 2.38 bits per heavy atom. The maximum atomic E-state index is 12.4. The van der Waals surface area contributed by atoms with E-state index in [9.17, 15) is 13.2 Å². The van der Waals surface area contributed by atoms with Gasteiger partial charge in [-0.05, 0) is 30.7 Å². The maximum absolute atomic E-state index is 12.4. The third kappa shape index (κ3) is 4.18. The first kappa shape index (κ1) is 15.8. The second kappa shape index (κ2) is 6.44. The van der Waals surface area contributed by atoms with Gasteiger partial charge in [-0.3, -0.25) is 4.98 Å². The summed E-state index contributed by atoms with van der Waals surface area (Å²) in [6, 6.07) is 5.92. The summed E-state index contributed by atoms with van der Waals surface area (Å²) >= 11 is 1.25. The Balaban J connectivity index is 2.08. The molecule has 0 unspecified atom stereocenters. The Morgan fingerprint density at radius 1 is 1.14 bits per heavy atom. The van der Waals surface area contributed by atoms with Crippen LogP contribution in [0.25, 0.3) is 0 Å². The lowest BCUT2D eigenvalue weighted by molar-refractivity contribution is -0.137. The molecule has 0 saturated heterocycles. The van der Waals surface area contributed by atoms with Crippen molar-refractivity contribution in [3.63, 3.8) is 0 Å². The molecule has 7 heteroatoms. The molecule has 2 N–H and O–H groups in total. The van der Waals surface area contributed by atoms with Gasteiger partial charge >= 0.3 is 6.18 Å². The van der Waals surface area contributed by atoms with E-state index in [0.717, 1.165) is 29.3 Å². The van der Waals surface area contributed by atoms with Crippen LogP contribution >= 0.6 is 11.8 Å². The molecule has 21 heavy (non-hydrogen) atoms. The highest BCUT2D eigenvalue weighted by Crippen LogP contribution is 2.31. The Bertz CT molecular complexity index is 582. The first-order valence-corrected chi connectivity index (χ1v) is 7.14. The minimum Gasteiger partial charge on any atom is -0.323 e. The maximum Gasteiger partial charge on any atom is 0.417 e. The summed E-state index contributed by atoms with van der Waals surface area (Å²) in [5, 5.41) is 0.484. The summed E-state index contributed by atoms with van der Waals surface area (Å²) in [4.78, 5) is 8.85. The first-order chi connectivity index (χ1) is 9.90. The molecule has 3 nitrogen and oxygen atoms in total. The molecule has 0 bridgehead atoms. The van der Waals surface area contributed by atoms with E-state index < -0.39 is 11.7 Å². The highest BCUT2D eigenvalue weighted by Gasteiger charge is 2.30. The van der Waals surface area contributed by atoms with Crippen molar-refractivity contribution in [1.82, 2.24) is 9.97 Å². The molecule has 0 saturated carbocycles. The van der Waals surface area contributed by atoms with Crippen LogP contribution in [0, 0.1) is 0 Å². The molecule has 0 amide bonds. The number of nitrogens with two attached hydrogens (primary N) is 1. The standard InChI is InChI=1S/C14H14F3N3S/c1-2-11(18)12-5-4-10(8-19-12)21-13-6-3-9(7-20-13)14(15,16)17/h3-8,11H,2,18H2,1H3/t11-/m1/s1. The SMILES string of the molecule is CC[C@@H](N)c1ccc(Sc2ccc(C(F)(F)F)cn2)cn1. The predicted molar refractivity (Wildman–Crippen MR) is 74.8 cm³/mol. The van der Waals surface area contributed by atoms with Crippen molar-refractivity contribution in [1.29, 1.82) is 0 Å². The summed E-state index contributed by atoms with van der Waals surface area (Å²) in [6.45, 7) is 1.97. The van der Waals surface area contributed by atoms with Gasteiger partial charge in [0.15, 0.2) is 0 Å². The Labute approximate surface area is 124 Å². The van der Waals surface area contributed by atoms with E-state index in [0.29, 0.717) is 5.03 Å². The quantitative estimate of drug-likeness (QED) is 0.925. The second-order valence-electron chi connectivity index (χ2n) is 4.42. The molecule has 112 valence electrons. The molecule has 2 heterocycles. The molecule has 2 aromatic heterocycles. The molecular weight excluding hydrogens is 299 g/mol. The molecule has 2 aromatic rings. The van der Waals surface area contributed by atoms with Gasteiger partial charge in [0.25, 0.3) is 0 Å². The van der Waals surface area contributed by atoms with Crippen molar-refractivity contribution in [2.75, 3.05) is 0 Å². The fourth-order valence-electron chi connectivity index (χ4n) is 1.61. The van der Waals surface area contributed by atoms with Crippen molar-refractivity contribution in [2.24, 2.45) is 5.73 Å². The number of nitrogens with zero attached hydrogens (tertiary/aromatic N) is 2. The van der Waals surface area contributed by atoms with E-state index in [1.807, 2.05) is 19.1 Å². The number of hydrogen-bond donors (Lipinski definition) is 1. The van der Waals surface area contributed by atoms with Crippen molar-refractivity contribution in [2.45, 2.75) is 35.5 Å². The van der Waals surface area contributed by atoms with Crippen LogP contribution in [0.5, 0.6) is 0 Å². The summed E-state index contributed by atoms with van der Waals surface area (Å²) in [6.07, 6.45) is -1.10. The number of hydrogen-bond acceptors (Lipinski definition) is 4. The van der Waals surface area contributed by atoms with Crippen LogP contribution in [0.4, 0.5) is 13.2 Å². The van der Waals surface area contributed by atoms with Gasteiger partial charge < -0.3 is 5.73 Å². The lowest BCUT2D eigenvalue weighted by Crippen LogP contribution is -2.10. The predicted octanol–water partition coefficient (Wildman–Crippen LogP) is 4.06. The minimum absolute atomic E-state index is 0.103. The van der Waals surface area contributed by atoms with Crippen LogP contribution in [0.1, 0.15) is 30.6 Å². The van der Waals surface area contributed by atoms with E-state index in [2.05, 4.69) is 9.97 Å². The summed E-state index contributed by atoms with van der Waals surface area (Å²) in [5.41, 5.74) is 5.90. The van der Waals surface area contributed by atoms with Crippen molar-refractivity contribution < 1.29 is 13.2 Å². The first-order valence-electron chi connectivity index (χ1n) is 6.32. The number of alkyl halides is 3. The zero-order valence-electron chi connectivity index (χ0n) is 11.3. The van der Waals surface area contributed by atoms with Gasteiger partial charge in [0.1, 0.15) is 5.03 Å². The lowest BCUT2D eigenvalue weighted by Gasteiger charge is -2.09. The van der Waals surface area contributed by atoms with E-state index >= 15 is 0 Å². The van der Waals surface area contributed by atoms with E-state index in [1.54, 1.807) is 6.20 Å². The lowest BCUT2D eigenvalue weighted by atomic mass is 10.1. The smallest absolute Gasteiger partial charge is 0.323 e. The average Bonchev–Trinajstić information content (AvgIpc) is 2.47. The summed E-state index contributed by atoms with van der Waals surface area (Å²) < 4.78 is 37.3. The molecule has 0 spiro atoms. The topological polar surface area (TPSA) is 51.8 Å². The van der Waals surface area contributed by atoms with E-state index in [4.69, 9.17) is 5.73 Å². The Kier molecular flexibility index (Phi) is 4.84. The fraction of sp³-hybridized carbons (Fsp3) is 0.286. The van der Waals surface area contributed by atoms with Gasteiger partial charge in [-0.2, -0.15) is 13.2 Å². The van der Waals surface area contributed by atoms with Crippen LogP contribution in [0.15, 0.2) is 46.6 Å². The van der Waals surface area contributed by atoms with Gasteiger partial charge in [-0.1, -0.05) is 18.7 Å². The number of rotatable bonds is 4. The molecule has 0 fully saturated rings. The number of aromatic nitrogens is 2. The van der Waals surface area contributed by atoms with E-state index in [1.165, 1.54) is 17.8 Å². The van der Waals surface area contributed by atoms with Gasteiger partial charge in [0, 0.05) is 23.3 Å². The summed E-state index contributed by atoms with van der Waals surface area (Å²) in [7, 11) is 0. The summed E-state index contributed by atoms with van der Waals surface area (Å²) in [5.74, 6) is 0. The van der Waals surface area contributed by atoms with Gasteiger partial charge in [-0.25, -0.2) is 4.98 Å². The highest BCUT2D eigenvalue weighted by molar-refractivity contribution is 7.99. The van der Waals surface area contributed by atoms with Crippen molar-refractivity contribution in [3.05, 3.63) is 47.9 Å². The molecular formula is C14H14F3N3S. The Hall–Kier alpha value is -1.60. The largest absolute Gasteiger partial charge is 0.417 e. The fourth-order valence-corrected chi connectivity index (χ4v) is 2.33. The van der Waals surface area contributed by atoms with Crippen LogP contribution in [0.2, 0.25) is 0 Å². The molecule has 2 rings (SSSR count). The number of halogens is 3. The normalized spacial score (nSPS) is 13.2. The zero-order chi connectivity index (χ0) is 15.5. The molecule has 0 aromatic carbocycles. The third-order valence-corrected chi connectivity index (χ3v) is 3.79. The van der Waals surface area contributed by atoms with Crippen LogP contribution in [-0.2, 0) is 6.18 Å². The molecule has 0 aliphatic rings. The van der Waals surface area contributed by atoms with Crippen LogP contribution < -0.4 is 5.73 Å².